The maximum Gasteiger partial charge on any atom is 0.222 e. The smallest absolute Gasteiger partial charge is 0.222 e. The van der Waals surface area contributed by atoms with Crippen LogP contribution in [0.25, 0.3) is 0 Å². The molecule has 1 fully saturated rings. The van der Waals surface area contributed by atoms with E-state index in [0.717, 1.165) is 37.4 Å². The number of carbonyl (C=O) groups is 1. The quantitative estimate of drug-likeness (QED) is 0.777. The molecule has 0 saturated carbocycles. The van der Waals surface area contributed by atoms with E-state index in [0.29, 0.717) is 18.5 Å². The zero-order valence-corrected chi connectivity index (χ0v) is 14.7. The summed E-state index contributed by atoms with van der Waals surface area (Å²) in [6, 6.07) is 13.3. The Kier molecular flexibility index (Phi) is 6.34. The minimum atomic E-state index is -0.607. The van der Waals surface area contributed by atoms with Gasteiger partial charge in [-0.25, -0.2) is 8.78 Å². The summed E-state index contributed by atoms with van der Waals surface area (Å²) in [5.74, 6) is -1.09. The number of aryl methyl sites for hydroxylation is 1. The van der Waals surface area contributed by atoms with Crippen molar-refractivity contribution in [3.63, 3.8) is 0 Å². The van der Waals surface area contributed by atoms with Gasteiger partial charge in [0.2, 0.25) is 5.91 Å². The van der Waals surface area contributed by atoms with Gasteiger partial charge >= 0.3 is 0 Å². The molecule has 2 aromatic rings. The SMILES string of the molecule is O=C(CCc1ccccc1)N1CCCC(OCc2cc(F)cc(F)c2)C1. The molecule has 1 atom stereocenters. The minimum absolute atomic E-state index is 0.101. The predicted molar refractivity (Wildman–Crippen MR) is 95.5 cm³/mol. The first-order valence-electron chi connectivity index (χ1n) is 8.98. The lowest BCUT2D eigenvalue weighted by Crippen LogP contribution is -2.43. The Balaban J connectivity index is 1.48. The van der Waals surface area contributed by atoms with Crippen molar-refractivity contribution >= 4 is 5.91 Å². The topological polar surface area (TPSA) is 29.5 Å². The van der Waals surface area contributed by atoms with Crippen LogP contribution in [0.5, 0.6) is 0 Å². The molecule has 3 rings (SSSR count). The van der Waals surface area contributed by atoms with Gasteiger partial charge in [0.25, 0.3) is 0 Å². The van der Waals surface area contributed by atoms with Gasteiger partial charge in [0.05, 0.1) is 12.7 Å². The molecular weight excluding hydrogens is 336 g/mol. The highest BCUT2D eigenvalue weighted by molar-refractivity contribution is 5.76. The maximum atomic E-state index is 13.2. The Hall–Kier alpha value is -2.27. The van der Waals surface area contributed by atoms with Crippen molar-refractivity contribution in [1.82, 2.24) is 4.90 Å². The molecule has 0 aromatic heterocycles. The van der Waals surface area contributed by atoms with E-state index in [4.69, 9.17) is 4.74 Å². The third kappa shape index (κ3) is 5.36. The summed E-state index contributed by atoms with van der Waals surface area (Å²) in [4.78, 5) is 14.3. The molecular formula is C21H23F2NO2. The van der Waals surface area contributed by atoms with Gasteiger partial charge in [-0.2, -0.15) is 0 Å². The van der Waals surface area contributed by atoms with Crippen LogP contribution in [0, 0.1) is 11.6 Å². The molecule has 1 heterocycles. The molecule has 0 N–H and O–H groups in total. The number of amides is 1. The summed E-state index contributed by atoms with van der Waals surface area (Å²) in [5.41, 5.74) is 1.62. The second kappa shape index (κ2) is 8.90. The van der Waals surface area contributed by atoms with Crippen LogP contribution in [0.3, 0.4) is 0 Å². The van der Waals surface area contributed by atoms with Crippen LogP contribution in [0.2, 0.25) is 0 Å². The molecule has 0 spiro atoms. The zero-order chi connectivity index (χ0) is 18.4. The monoisotopic (exact) mass is 359 g/mol. The van der Waals surface area contributed by atoms with Gasteiger partial charge in [0, 0.05) is 25.6 Å². The maximum absolute atomic E-state index is 13.2. The largest absolute Gasteiger partial charge is 0.372 e. The van der Waals surface area contributed by atoms with E-state index in [2.05, 4.69) is 0 Å². The van der Waals surface area contributed by atoms with Gasteiger partial charge in [0.15, 0.2) is 0 Å². The van der Waals surface area contributed by atoms with Gasteiger partial charge in [0.1, 0.15) is 11.6 Å². The number of nitrogens with zero attached hydrogens (tertiary/aromatic N) is 1. The number of halogens is 2. The van der Waals surface area contributed by atoms with E-state index in [-0.39, 0.29) is 18.6 Å². The highest BCUT2D eigenvalue weighted by Crippen LogP contribution is 2.17. The lowest BCUT2D eigenvalue weighted by molar-refractivity contribution is -0.135. The summed E-state index contributed by atoms with van der Waals surface area (Å²) in [6.07, 6.45) is 2.83. The van der Waals surface area contributed by atoms with Crippen LogP contribution < -0.4 is 0 Å². The van der Waals surface area contributed by atoms with E-state index in [9.17, 15) is 13.6 Å². The van der Waals surface area contributed by atoms with Gasteiger partial charge < -0.3 is 9.64 Å². The van der Waals surface area contributed by atoms with Crippen LogP contribution in [0.1, 0.15) is 30.4 Å². The lowest BCUT2D eigenvalue weighted by atomic mass is 10.1. The van der Waals surface area contributed by atoms with Gasteiger partial charge in [-0.05, 0) is 42.5 Å². The molecule has 26 heavy (non-hydrogen) atoms. The van der Waals surface area contributed by atoms with Crippen molar-refractivity contribution in [2.45, 2.75) is 38.4 Å². The number of hydrogen-bond donors (Lipinski definition) is 0. The second-order valence-corrected chi connectivity index (χ2v) is 6.68. The van der Waals surface area contributed by atoms with E-state index in [1.807, 2.05) is 35.2 Å². The van der Waals surface area contributed by atoms with E-state index >= 15 is 0 Å². The Morgan fingerprint density at radius 2 is 1.81 bits per heavy atom. The summed E-state index contributed by atoms with van der Waals surface area (Å²) >= 11 is 0. The zero-order valence-electron chi connectivity index (χ0n) is 14.7. The lowest BCUT2D eigenvalue weighted by Gasteiger charge is -2.33. The van der Waals surface area contributed by atoms with Gasteiger partial charge in [-0.15, -0.1) is 0 Å². The molecule has 0 bridgehead atoms. The number of likely N-dealkylation sites (tertiary alicyclic amines) is 1. The Bertz CT molecular complexity index is 716. The summed E-state index contributed by atoms with van der Waals surface area (Å²) in [5, 5.41) is 0. The first-order valence-corrected chi connectivity index (χ1v) is 8.98. The average molecular weight is 359 g/mol. The molecule has 2 aromatic carbocycles. The molecule has 0 aliphatic carbocycles. The van der Waals surface area contributed by atoms with Crippen LogP contribution in [0.4, 0.5) is 8.78 Å². The van der Waals surface area contributed by atoms with Crippen molar-refractivity contribution in [1.29, 1.82) is 0 Å². The average Bonchev–Trinajstić information content (AvgIpc) is 2.65. The summed E-state index contributed by atoms with van der Waals surface area (Å²) < 4.78 is 32.3. The number of ether oxygens (including phenoxy) is 1. The molecule has 1 amide bonds. The fraction of sp³-hybridized carbons (Fsp3) is 0.381. The molecule has 1 aliphatic rings. The third-order valence-corrected chi connectivity index (χ3v) is 4.61. The predicted octanol–water partition coefficient (Wildman–Crippen LogP) is 4.11. The van der Waals surface area contributed by atoms with Crippen LogP contribution in [0.15, 0.2) is 48.5 Å². The van der Waals surface area contributed by atoms with Gasteiger partial charge in [-0.3, -0.25) is 4.79 Å². The molecule has 1 saturated heterocycles. The minimum Gasteiger partial charge on any atom is -0.372 e. The van der Waals surface area contributed by atoms with Crippen LogP contribution in [-0.4, -0.2) is 30.0 Å². The summed E-state index contributed by atoms with van der Waals surface area (Å²) in [7, 11) is 0. The Morgan fingerprint density at radius 1 is 1.08 bits per heavy atom. The highest BCUT2D eigenvalue weighted by Gasteiger charge is 2.24. The standard InChI is InChI=1S/C21H23F2NO2/c22-18-11-17(12-19(23)13-18)15-26-20-7-4-10-24(14-20)21(25)9-8-16-5-2-1-3-6-16/h1-3,5-6,11-13,20H,4,7-10,14-15H2. The van der Waals surface area contributed by atoms with E-state index in [1.165, 1.54) is 12.1 Å². The first-order chi connectivity index (χ1) is 12.6. The number of hydrogen-bond acceptors (Lipinski definition) is 2. The number of benzene rings is 2. The third-order valence-electron chi connectivity index (χ3n) is 4.61. The fourth-order valence-corrected chi connectivity index (χ4v) is 3.26. The van der Waals surface area contributed by atoms with E-state index in [1.54, 1.807) is 0 Å². The van der Waals surface area contributed by atoms with Gasteiger partial charge in [-0.1, -0.05) is 30.3 Å². The Morgan fingerprint density at radius 3 is 2.54 bits per heavy atom. The molecule has 138 valence electrons. The normalized spacial score (nSPS) is 17.3. The molecule has 1 unspecified atom stereocenters. The molecule has 1 aliphatic heterocycles. The molecule has 0 radical (unpaired) electrons. The van der Waals surface area contributed by atoms with Crippen LogP contribution in [-0.2, 0) is 22.6 Å². The van der Waals surface area contributed by atoms with Crippen molar-refractivity contribution in [3.8, 4) is 0 Å². The fourth-order valence-electron chi connectivity index (χ4n) is 3.26. The highest BCUT2D eigenvalue weighted by atomic mass is 19.1. The van der Waals surface area contributed by atoms with Crippen molar-refractivity contribution in [2.24, 2.45) is 0 Å². The Labute approximate surface area is 152 Å². The molecule has 3 nitrogen and oxygen atoms in total. The van der Waals surface area contributed by atoms with Crippen molar-refractivity contribution in [3.05, 3.63) is 71.3 Å². The molecule has 5 heteroatoms. The number of piperidine rings is 1. The van der Waals surface area contributed by atoms with E-state index < -0.39 is 11.6 Å². The van der Waals surface area contributed by atoms with Crippen molar-refractivity contribution in [2.75, 3.05) is 13.1 Å². The number of carbonyl (C=O) groups excluding carboxylic acids is 1. The second-order valence-electron chi connectivity index (χ2n) is 6.68. The van der Waals surface area contributed by atoms with Crippen LogP contribution >= 0.6 is 0 Å². The summed E-state index contributed by atoms with van der Waals surface area (Å²) in [6.45, 7) is 1.42. The first kappa shape index (κ1) is 18.5. The number of rotatable bonds is 6. The van der Waals surface area contributed by atoms with Crippen molar-refractivity contribution < 1.29 is 18.3 Å².